The highest BCUT2D eigenvalue weighted by Gasteiger charge is 2.40. The number of carbonyl (C=O) groups is 2. The molecule has 164 valence electrons. The Hall–Kier alpha value is -2.71. The van der Waals surface area contributed by atoms with Crippen LogP contribution in [0.2, 0.25) is 0 Å². The second-order valence-corrected chi connectivity index (χ2v) is 7.75. The quantitative estimate of drug-likeness (QED) is 0.620. The Labute approximate surface area is 172 Å². The van der Waals surface area contributed by atoms with Crippen molar-refractivity contribution >= 4 is 17.5 Å². The van der Waals surface area contributed by atoms with Gasteiger partial charge in [0.25, 0.3) is 0 Å². The molecule has 0 aliphatic rings. The first-order valence-corrected chi connectivity index (χ1v) is 9.55. The van der Waals surface area contributed by atoms with E-state index in [0.29, 0.717) is 16.3 Å². The molecule has 1 unspecified atom stereocenters. The number of imide groups is 1. The van der Waals surface area contributed by atoms with E-state index in [-0.39, 0.29) is 5.92 Å². The van der Waals surface area contributed by atoms with Gasteiger partial charge in [-0.1, -0.05) is 39.0 Å². The molecule has 0 saturated carbocycles. The minimum absolute atomic E-state index is 0.00304. The van der Waals surface area contributed by atoms with E-state index in [4.69, 9.17) is 0 Å². The molecular weight excluding hydrogens is 402 g/mol. The first kappa shape index (κ1) is 23.6. The van der Waals surface area contributed by atoms with Crippen molar-refractivity contribution in [2.24, 2.45) is 13.0 Å². The summed E-state index contributed by atoms with van der Waals surface area (Å²) in [5, 5.41) is 3.15. The Kier molecular flexibility index (Phi) is 7.05. The number of anilines is 1. The third-order valence-corrected chi connectivity index (χ3v) is 4.76. The number of hydrogen-bond donors (Lipinski definition) is 0. The third-order valence-electron chi connectivity index (χ3n) is 4.76. The highest BCUT2D eigenvalue weighted by molar-refractivity contribution is 6.15. The van der Waals surface area contributed by atoms with E-state index in [1.165, 1.54) is 0 Å². The fourth-order valence-corrected chi connectivity index (χ4v) is 3.58. The molecule has 5 nitrogen and oxygen atoms in total. The van der Waals surface area contributed by atoms with Gasteiger partial charge in [0.1, 0.15) is 0 Å². The van der Waals surface area contributed by atoms with Crippen molar-refractivity contribution in [3.8, 4) is 0 Å². The molecule has 2 rings (SSSR count). The van der Waals surface area contributed by atoms with Crippen molar-refractivity contribution in [2.75, 3.05) is 4.90 Å². The number of aryl methyl sites for hydroxylation is 1. The molecule has 1 aromatic carbocycles. The molecule has 0 saturated heterocycles. The van der Waals surface area contributed by atoms with Gasteiger partial charge in [-0.3, -0.25) is 14.5 Å². The summed E-state index contributed by atoms with van der Waals surface area (Å²) in [5.41, 5.74) is -1.34. The Bertz CT molecular complexity index is 935. The van der Waals surface area contributed by atoms with Crippen molar-refractivity contribution in [1.29, 1.82) is 0 Å². The highest BCUT2D eigenvalue weighted by atomic mass is 19.4. The molecule has 0 bridgehead atoms. The first-order chi connectivity index (χ1) is 13.8. The van der Waals surface area contributed by atoms with Gasteiger partial charge in [-0.15, -0.1) is 0 Å². The van der Waals surface area contributed by atoms with Crippen LogP contribution in [-0.2, 0) is 29.2 Å². The molecule has 0 radical (unpaired) electrons. The molecule has 1 atom stereocenters. The number of amides is 2. The summed E-state index contributed by atoms with van der Waals surface area (Å²) in [5.74, 6) is -2.53. The van der Waals surface area contributed by atoms with Crippen LogP contribution in [0.25, 0.3) is 0 Å². The minimum Gasteiger partial charge on any atom is -0.274 e. The molecule has 1 aromatic heterocycles. The van der Waals surface area contributed by atoms with Crippen molar-refractivity contribution in [1.82, 2.24) is 9.78 Å². The van der Waals surface area contributed by atoms with E-state index in [2.05, 4.69) is 5.10 Å². The number of aromatic nitrogens is 2. The lowest BCUT2D eigenvalue weighted by molar-refractivity contribution is -0.142. The average Bonchev–Trinajstić information content (AvgIpc) is 2.90. The van der Waals surface area contributed by atoms with Gasteiger partial charge in [0.15, 0.2) is 5.69 Å². The zero-order valence-electron chi connectivity index (χ0n) is 17.5. The molecule has 0 N–H and O–H groups in total. The largest absolute Gasteiger partial charge is 0.435 e. The highest BCUT2D eigenvalue weighted by Crippen LogP contribution is 2.34. The summed E-state index contributed by atoms with van der Waals surface area (Å²) < 4.78 is 54.4. The van der Waals surface area contributed by atoms with E-state index in [1.54, 1.807) is 24.3 Å². The lowest BCUT2D eigenvalue weighted by atomic mass is 9.90. The lowest BCUT2D eigenvalue weighted by Crippen LogP contribution is -2.37. The molecule has 30 heavy (non-hydrogen) atoms. The van der Waals surface area contributed by atoms with E-state index in [1.807, 2.05) is 20.8 Å². The molecule has 9 heteroatoms. The maximum absolute atomic E-state index is 14.3. The summed E-state index contributed by atoms with van der Waals surface area (Å²) in [6.45, 7) is 7.17. The zero-order valence-corrected chi connectivity index (χ0v) is 17.5. The van der Waals surface area contributed by atoms with Gasteiger partial charge >= 0.3 is 6.18 Å². The van der Waals surface area contributed by atoms with Gasteiger partial charge in [0.2, 0.25) is 17.8 Å². The van der Waals surface area contributed by atoms with Crippen LogP contribution in [0.15, 0.2) is 24.3 Å². The molecule has 1 heterocycles. The SMILES string of the molecule is CC(=O)N(C(=O)Cc1c(C(F)(F)F)nn(C)c1F)c1ccccc1C(C)CC(C)C. The van der Waals surface area contributed by atoms with Gasteiger partial charge < -0.3 is 0 Å². The standard InChI is InChI=1S/C21H25F4N3O2/c1-12(2)10-13(3)15-8-6-7-9-17(15)28(14(4)29)18(30)11-16-19(21(23,24)25)26-27(5)20(16)22/h6-9,12-13H,10-11H2,1-5H3. The summed E-state index contributed by atoms with van der Waals surface area (Å²) in [4.78, 5) is 26.1. The summed E-state index contributed by atoms with van der Waals surface area (Å²) >= 11 is 0. The maximum Gasteiger partial charge on any atom is 0.435 e. The van der Waals surface area contributed by atoms with E-state index >= 15 is 0 Å². The fraction of sp³-hybridized carbons (Fsp3) is 0.476. The van der Waals surface area contributed by atoms with Crippen molar-refractivity contribution in [3.63, 3.8) is 0 Å². The van der Waals surface area contributed by atoms with E-state index < -0.39 is 41.6 Å². The van der Waals surface area contributed by atoms with Crippen LogP contribution in [0.3, 0.4) is 0 Å². The lowest BCUT2D eigenvalue weighted by Gasteiger charge is -2.25. The van der Waals surface area contributed by atoms with Crippen LogP contribution in [0.4, 0.5) is 23.2 Å². The molecule has 2 aromatic rings. The van der Waals surface area contributed by atoms with Gasteiger partial charge in [-0.25, -0.2) is 4.68 Å². The van der Waals surface area contributed by atoms with Crippen molar-refractivity contribution in [3.05, 3.63) is 47.0 Å². The van der Waals surface area contributed by atoms with Crippen molar-refractivity contribution in [2.45, 2.75) is 52.6 Å². The smallest absolute Gasteiger partial charge is 0.274 e. The topological polar surface area (TPSA) is 55.2 Å². The van der Waals surface area contributed by atoms with Gasteiger partial charge in [0, 0.05) is 19.5 Å². The maximum atomic E-state index is 14.3. The predicted molar refractivity (Wildman–Crippen MR) is 104 cm³/mol. The number of hydrogen-bond acceptors (Lipinski definition) is 3. The molecule has 0 aliphatic carbocycles. The van der Waals surface area contributed by atoms with Gasteiger partial charge in [-0.05, 0) is 29.9 Å². The Balaban J connectivity index is 2.48. The Morgan fingerprint density at radius 1 is 1.17 bits per heavy atom. The summed E-state index contributed by atoms with van der Waals surface area (Å²) in [6.07, 6.45) is -5.09. The third kappa shape index (κ3) is 5.06. The normalized spacial score (nSPS) is 12.9. The minimum atomic E-state index is -4.93. The number of para-hydroxylation sites is 1. The number of carbonyl (C=O) groups excluding carboxylic acids is 2. The Morgan fingerprint density at radius 2 is 1.77 bits per heavy atom. The van der Waals surface area contributed by atoms with Crippen LogP contribution in [-0.4, -0.2) is 21.6 Å². The van der Waals surface area contributed by atoms with E-state index in [0.717, 1.165) is 30.9 Å². The molecule has 0 spiro atoms. The number of halogens is 4. The van der Waals surface area contributed by atoms with Crippen molar-refractivity contribution < 1.29 is 27.2 Å². The zero-order chi connectivity index (χ0) is 22.8. The summed E-state index contributed by atoms with van der Waals surface area (Å²) in [7, 11) is 1.02. The number of benzene rings is 1. The van der Waals surface area contributed by atoms with Crippen LogP contribution >= 0.6 is 0 Å². The molecule has 0 fully saturated rings. The number of rotatable bonds is 6. The van der Waals surface area contributed by atoms with Crippen LogP contribution in [0, 0.1) is 11.9 Å². The van der Waals surface area contributed by atoms with Gasteiger partial charge in [-0.2, -0.15) is 22.7 Å². The number of nitrogens with zero attached hydrogens (tertiary/aromatic N) is 3. The van der Waals surface area contributed by atoms with Crippen LogP contribution in [0.1, 0.15) is 56.9 Å². The monoisotopic (exact) mass is 427 g/mol. The predicted octanol–water partition coefficient (Wildman–Crippen LogP) is 4.85. The molecule has 2 amide bonds. The Morgan fingerprint density at radius 3 is 2.30 bits per heavy atom. The second kappa shape index (κ2) is 8.97. The number of alkyl halides is 3. The first-order valence-electron chi connectivity index (χ1n) is 9.55. The second-order valence-electron chi connectivity index (χ2n) is 7.75. The summed E-state index contributed by atoms with van der Waals surface area (Å²) in [6, 6.07) is 6.74. The molecular formula is C21H25F4N3O2. The molecule has 0 aliphatic heterocycles. The van der Waals surface area contributed by atoms with Gasteiger partial charge in [0.05, 0.1) is 12.1 Å². The van der Waals surface area contributed by atoms with E-state index in [9.17, 15) is 27.2 Å². The van der Waals surface area contributed by atoms with Crippen LogP contribution < -0.4 is 4.90 Å². The average molecular weight is 427 g/mol. The van der Waals surface area contributed by atoms with Crippen LogP contribution in [0.5, 0.6) is 0 Å². The fourth-order valence-electron chi connectivity index (χ4n) is 3.58.